The number of rotatable bonds is 6. The number of halogens is 2. The highest BCUT2D eigenvalue weighted by Crippen LogP contribution is 2.30. The van der Waals surface area contributed by atoms with Gasteiger partial charge in [-0.05, 0) is 54.1 Å². The first-order valence-corrected chi connectivity index (χ1v) is 8.52. The van der Waals surface area contributed by atoms with Crippen molar-refractivity contribution in [1.29, 1.82) is 0 Å². The number of aryl methyl sites for hydroxylation is 1. The molecule has 1 aromatic heterocycles. The summed E-state index contributed by atoms with van der Waals surface area (Å²) in [6.45, 7) is 5.27. The summed E-state index contributed by atoms with van der Waals surface area (Å²) in [5.41, 5.74) is 2.56. The molecule has 0 saturated carbocycles. The van der Waals surface area contributed by atoms with Crippen LogP contribution in [0.5, 0.6) is 0 Å². The predicted molar refractivity (Wildman–Crippen MR) is 90.3 cm³/mol. The van der Waals surface area contributed by atoms with Crippen molar-refractivity contribution in [3.63, 3.8) is 0 Å². The zero-order valence-electron chi connectivity index (χ0n) is 11.7. The van der Waals surface area contributed by atoms with Gasteiger partial charge in [-0.15, -0.1) is 11.3 Å². The molecule has 4 heteroatoms. The quantitative estimate of drug-likeness (QED) is 0.737. The first-order chi connectivity index (χ1) is 9.65. The van der Waals surface area contributed by atoms with Crippen LogP contribution in [0.25, 0.3) is 0 Å². The van der Waals surface area contributed by atoms with E-state index in [2.05, 4.69) is 30.6 Å². The Morgan fingerprint density at radius 3 is 2.60 bits per heavy atom. The maximum atomic E-state index is 6.30. The number of likely N-dealkylation sites (N-methyl/N-ethyl adjacent to an activating group) is 1. The lowest BCUT2D eigenvalue weighted by Crippen LogP contribution is -2.23. The number of thiophene rings is 1. The van der Waals surface area contributed by atoms with E-state index in [0.717, 1.165) is 30.0 Å². The van der Waals surface area contributed by atoms with Gasteiger partial charge < -0.3 is 5.32 Å². The lowest BCUT2D eigenvalue weighted by Gasteiger charge is -2.19. The van der Waals surface area contributed by atoms with E-state index in [0.29, 0.717) is 11.1 Å². The normalized spacial score (nSPS) is 12.6. The Kier molecular flexibility index (Phi) is 5.91. The van der Waals surface area contributed by atoms with Crippen LogP contribution >= 0.6 is 34.5 Å². The minimum absolute atomic E-state index is 0.314. The summed E-state index contributed by atoms with van der Waals surface area (Å²) in [6.07, 6.45) is 1.95. The standard InChI is InChI=1S/C16H19Cl2NS/c1-3-11-7-8-20-16(11)15(19-4-2)9-12-5-6-13(17)10-14(12)18/h5-8,10,15,19H,3-4,9H2,1-2H3. The average molecular weight is 328 g/mol. The fourth-order valence-corrected chi connectivity index (χ4v) is 3.92. The van der Waals surface area contributed by atoms with Crippen molar-refractivity contribution in [3.05, 3.63) is 55.7 Å². The predicted octanol–water partition coefficient (Wildman–Crippen LogP) is 5.51. The van der Waals surface area contributed by atoms with Gasteiger partial charge in [0.25, 0.3) is 0 Å². The zero-order chi connectivity index (χ0) is 14.5. The van der Waals surface area contributed by atoms with Crippen LogP contribution in [0, 0.1) is 0 Å². The molecule has 1 unspecified atom stereocenters. The van der Waals surface area contributed by atoms with Crippen molar-refractivity contribution >= 4 is 34.5 Å². The van der Waals surface area contributed by atoms with Crippen LogP contribution in [0.15, 0.2) is 29.6 Å². The van der Waals surface area contributed by atoms with Gasteiger partial charge in [0.2, 0.25) is 0 Å². The van der Waals surface area contributed by atoms with Crippen LogP contribution in [-0.4, -0.2) is 6.54 Å². The summed E-state index contributed by atoms with van der Waals surface area (Å²) in [5.74, 6) is 0. The summed E-state index contributed by atoms with van der Waals surface area (Å²) in [7, 11) is 0. The van der Waals surface area contributed by atoms with Gasteiger partial charge in [-0.3, -0.25) is 0 Å². The number of benzene rings is 1. The van der Waals surface area contributed by atoms with Gasteiger partial charge >= 0.3 is 0 Å². The van der Waals surface area contributed by atoms with E-state index in [4.69, 9.17) is 23.2 Å². The molecule has 1 atom stereocenters. The fourth-order valence-electron chi connectivity index (χ4n) is 2.36. The molecule has 0 aliphatic heterocycles. The Hall–Kier alpha value is -0.540. The minimum Gasteiger partial charge on any atom is -0.309 e. The molecule has 0 amide bonds. The molecule has 0 bridgehead atoms. The first-order valence-electron chi connectivity index (χ1n) is 6.89. The van der Waals surface area contributed by atoms with E-state index in [1.54, 1.807) is 0 Å². The highest BCUT2D eigenvalue weighted by molar-refractivity contribution is 7.10. The van der Waals surface area contributed by atoms with E-state index in [1.165, 1.54) is 10.4 Å². The third-order valence-electron chi connectivity index (χ3n) is 3.37. The first kappa shape index (κ1) is 15.8. The Morgan fingerprint density at radius 2 is 1.95 bits per heavy atom. The van der Waals surface area contributed by atoms with Crippen LogP contribution in [-0.2, 0) is 12.8 Å². The molecule has 1 heterocycles. The van der Waals surface area contributed by atoms with Crippen molar-refractivity contribution in [3.8, 4) is 0 Å². The summed E-state index contributed by atoms with van der Waals surface area (Å²) in [6, 6.07) is 8.27. The topological polar surface area (TPSA) is 12.0 Å². The third kappa shape index (κ3) is 3.76. The molecule has 1 nitrogen and oxygen atoms in total. The van der Waals surface area contributed by atoms with Crippen molar-refractivity contribution in [1.82, 2.24) is 5.32 Å². The van der Waals surface area contributed by atoms with Crippen molar-refractivity contribution < 1.29 is 0 Å². The third-order valence-corrected chi connectivity index (χ3v) is 5.03. The summed E-state index contributed by atoms with van der Waals surface area (Å²) >= 11 is 14.1. The van der Waals surface area contributed by atoms with Gasteiger partial charge in [-0.25, -0.2) is 0 Å². The maximum Gasteiger partial charge on any atom is 0.0458 e. The molecule has 2 rings (SSSR count). The van der Waals surface area contributed by atoms with Crippen LogP contribution in [0.3, 0.4) is 0 Å². The molecule has 0 fully saturated rings. The summed E-state index contributed by atoms with van der Waals surface area (Å²) in [4.78, 5) is 1.42. The van der Waals surface area contributed by atoms with E-state index in [1.807, 2.05) is 29.5 Å². The van der Waals surface area contributed by atoms with Gasteiger partial charge in [-0.2, -0.15) is 0 Å². The summed E-state index contributed by atoms with van der Waals surface area (Å²) in [5, 5.41) is 7.17. The molecule has 0 spiro atoms. The van der Waals surface area contributed by atoms with Gasteiger partial charge in [0.1, 0.15) is 0 Å². The SMILES string of the molecule is CCNC(Cc1ccc(Cl)cc1Cl)c1sccc1CC. The minimum atomic E-state index is 0.314. The molecule has 108 valence electrons. The van der Waals surface area contributed by atoms with Crippen LogP contribution in [0.1, 0.15) is 35.9 Å². The Balaban J connectivity index is 2.25. The molecule has 0 aliphatic rings. The number of hydrogen-bond donors (Lipinski definition) is 1. The van der Waals surface area contributed by atoms with Gasteiger partial charge in [-0.1, -0.05) is 43.1 Å². The second kappa shape index (κ2) is 7.46. The maximum absolute atomic E-state index is 6.30. The molecule has 0 saturated heterocycles. The Morgan fingerprint density at radius 1 is 1.15 bits per heavy atom. The smallest absolute Gasteiger partial charge is 0.0458 e. The highest BCUT2D eigenvalue weighted by atomic mass is 35.5. The molecule has 20 heavy (non-hydrogen) atoms. The van der Waals surface area contributed by atoms with Crippen LogP contribution in [0.2, 0.25) is 10.0 Å². The molecule has 1 N–H and O–H groups in total. The van der Waals surface area contributed by atoms with Gasteiger partial charge in [0.05, 0.1) is 0 Å². The second-order valence-electron chi connectivity index (χ2n) is 4.71. The molecule has 0 radical (unpaired) electrons. The number of hydrogen-bond acceptors (Lipinski definition) is 2. The van der Waals surface area contributed by atoms with Crippen molar-refractivity contribution in [2.75, 3.05) is 6.54 Å². The Labute approximate surface area is 134 Å². The summed E-state index contributed by atoms with van der Waals surface area (Å²) < 4.78 is 0. The average Bonchev–Trinajstić information content (AvgIpc) is 2.89. The molecule has 1 aromatic carbocycles. The zero-order valence-corrected chi connectivity index (χ0v) is 14.1. The van der Waals surface area contributed by atoms with Gasteiger partial charge in [0.15, 0.2) is 0 Å². The van der Waals surface area contributed by atoms with Crippen LogP contribution < -0.4 is 5.32 Å². The van der Waals surface area contributed by atoms with E-state index in [9.17, 15) is 0 Å². The molecular formula is C16H19Cl2NS. The van der Waals surface area contributed by atoms with Gasteiger partial charge in [0, 0.05) is 21.0 Å². The number of nitrogens with one attached hydrogen (secondary N) is 1. The van der Waals surface area contributed by atoms with E-state index < -0.39 is 0 Å². The fraction of sp³-hybridized carbons (Fsp3) is 0.375. The second-order valence-corrected chi connectivity index (χ2v) is 6.51. The van der Waals surface area contributed by atoms with Crippen molar-refractivity contribution in [2.45, 2.75) is 32.7 Å². The molecule has 2 aromatic rings. The Bertz CT molecular complexity index is 565. The highest BCUT2D eigenvalue weighted by Gasteiger charge is 2.17. The van der Waals surface area contributed by atoms with E-state index >= 15 is 0 Å². The van der Waals surface area contributed by atoms with E-state index in [-0.39, 0.29) is 0 Å². The van der Waals surface area contributed by atoms with Crippen LogP contribution in [0.4, 0.5) is 0 Å². The monoisotopic (exact) mass is 327 g/mol. The largest absolute Gasteiger partial charge is 0.309 e. The lowest BCUT2D eigenvalue weighted by atomic mass is 10.0. The molecule has 0 aliphatic carbocycles. The van der Waals surface area contributed by atoms with Crippen molar-refractivity contribution in [2.24, 2.45) is 0 Å². The molecular weight excluding hydrogens is 309 g/mol. The lowest BCUT2D eigenvalue weighted by molar-refractivity contribution is 0.555.